The van der Waals surface area contributed by atoms with Crippen molar-refractivity contribution in [2.75, 3.05) is 26.5 Å². The Hall–Kier alpha value is -1.07. The summed E-state index contributed by atoms with van der Waals surface area (Å²) in [6.45, 7) is 1.00. The zero-order valence-corrected chi connectivity index (χ0v) is 10.1. The number of methoxy groups -OCH3 is 2. The van der Waals surface area contributed by atoms with Crippen molar-refractivity contribution in [3.63, 3.8) is 0 Å². The lowest BCUT2D eigenvalue weighted by molar-refractivity contribution is 0.339. The zero-order valence-electron chi connectivity index (χ0n) is 9.32. The highest BCUT2D eigenvalue weighted by Gasteiger charge is 2.20. The zero-order chi connectivity index (χ0) is 11.5. The fraction of sp³-hybridized carbons (Fsp3) is 0.455. The molecular weight excluding hydrogens is 226 g/mol. The van der Waals surface area contributed by atoms with Crippen molar-refractivity contribution in [1.82, 2.24) is 5.32 Å². The molecule has 0 radical (unpaired) electrons. The lowest BCUT2D eigenvalue weighted by atomic mass is 10.1. The van der Waals surface area contributed by atoms with Crippen LogP contribution in [-0.4, -0.2) is 31.6 Å². The van der Waals surface area contributed by atoms with Gasteiger partial charge in [0.2, 0.25) is 5.75 Å². The van der Waals surface area contributed by atoms with Crippen molar-refractivity contribution in [1.29, 1.82) is 0 Å². The summed E-state index contributed by atoms with van der Waals surface area (Å²) in [5.74, 6) is 2.04. The molecule has 0 spiro atoms. The monoisotopic (exact) mass is 241 g/mol. The summed E-state index contributed by atoms with van der Waals surface area (Å²) in [5, 5.41) is 13.4. The molecule has 16 heavy (non-hydrogen) atoms. The van der Waals surface area contributed by atoms with Crippen molar-refractivity contribution < 1.29 is 14.6 Å². The number of benzene rings is 1. The molecule has 0 amide bonds. The average Bonchev–Trinajstić information content (AvgIpc) is 2.83. The number of rotatable bonds is 3. The third kappa shape index (κ3) is 2.05. The number of aromatic hydroxyl groups is 1. The molecule has 1 saturated heterocycles. The van der Waals surface area contributed by atoms with Gasteiger partial charge in [-0.05, 0) is 17.7 Å². The van der Waals surface area contributed by atoms with Gasteiger partial charge in [-0.25, -0.2) is 0 Å². The van der Waals surface area contributed by atoms with Crippen LogP contribution < -0.4 is 14.8 Å². The molecule has 0 aliphatic carbocycles. The van der Waals surface area contributed by atoms with Gasteiger partial charge in [0, 0.05) is 12.3 Å². The largest absolute Gasteiger partial charge is 0.502 e. The van der Waals surface area contributed by atoms with Crippen LogP contribution in [0.5, 0.6) is 17.2 Å². The van der Waals surface area contributed by atoms with Crippen molar-refractivity contribution >= 4 is 11.8 Å². The molecule has 0 saturated carbocycles. The lowest BCUT2D eigenvalue weighted by Gasteiger charge is -2.14. The Morgan fingerprint density at radius 1 is 1.31 bits per heavy atom. The highest BCUT2D eigenvalue weighted by molar-refractivity contribution is 7.99. The van der Waals surface area contributed by atoms with Crippen LogP contribution in [0.1, 0.15) is 10.9 Å². The van der Waals surface area contributed by atoms with Crippen LogP contribution in [0.4, 0.5) is 0 Å². The average molecular weight is 241 g/mol. The van der Waals surface area contributed by atoms with Gasteiger partial charge in [0.15, 0.2) is 11.5 Å². The van der Waals surface area contributed by atoms with Crippen LogP contribution in [0.3, 0.4) is 0 Å². The molecule has 1 aliphatic rings. The highest BCUT2D eigenvalue weighted by Crippen LogP contribution is 2.41. The molecule has 1 fully saturated rings. The van der Waals surface area contributed by atoms with E-state index in [1.54, 1.807) is 0 Å². The summed E-state index contributed by atoms with van der Waals surface area (Å²) in [5.41, 5.74) is 1.06. The predicted molar refractivity (Wildman–Crippen MR) is 64.4 cm³/mol. The Labute approximate surface area is 98.9 Å². The van der Waals surface area contributed by atoms with Gasteiger partial charge in [0.25, 0.3) is 0 Å². The normalized spacial score (nSPS) is 19.8. The van der Waals surface area contributed by atoms with Gasteiger partial charge in [0.1, 0.15) is 0 Å². The standard InChI is InChI=1S/C11H15NO3S/c1-14-8-5-7(11-12-3-4-16-11)6-9(15-2)10(8)13/h5-6,11-13H,3-4H2,1-2H3/t11-/m0/s1. The van der Waals surface area contributed by atoms with Crippen LogP contribution in [0.15, 0.2) is 12.1 Å². The van der Waals surface area contributed by atoms with E-state index in [9.17, 15) is 5.11 Å². The predicted octanol–water partition coefficient (Wildman–Crippen LogP) is 1.74. The van der Waals surface area contributed by atoms with Crippen LogP contribution in [0.25, 0.3) is 0 Å². The van der Waals surface area contributed by atoms with Crippen molar-refractivity contribution in [2.24, 2.45) is 0 Å². The number of thioether (sulfide) groups is 1. The number of phenolic OH excluding ortho intramolecular Hbond substituents is 1. The van der Waals surface area contributed by atoms with E-state index >= 15 is 0 Å². The summed E-state index contributed by atoms with van der Waals surface area (Å²) in [7, 11) is 3.07. The second kappa shape index (κ2) is 4.84. The van der Waals surface area contributed by atoms with Crippen LogP contribution in [-0.2, 0) is 0 Å². The Morgan fingerprint density at radius 3 is 2.38 bits per heavy atom. The summed E-state index contributed by atoms with van der Waals surface area (Å²) in [6.07, 6.45) is 0. The third-order valence-corrected chi connectivity index (χ3v) is 3.73. The first kappa shape index (κ1) is 11.4. The van der Waals surface area contributed by atoms with Gasteiger partial charge in [-0.1, -0.05) is 0 Å². The van der Waals surface area contributed by atoms with E-state index in [1.165, 1.54) is 14.2 Å². The molecule has 0 unspecified atom stereocenters. The molecule has 1 heterocycles. The minimum absolute atomic E-state index is 0.0525. The Bertz CT molecular complexity index is 352. The van der Waals surface area contributed by atoms with Crippen LogP contribution in [0, 0.1) is 0 Å². The van der Waals surface area contributed by atoms with E-state index in [-0.39, 0.29) is 11.1 Å². The summed E-state index contributed by atoms with van der Waals surface area (Å²) in [4.78, 5) is 0. The molecule has 2 rings (SSSR count). The Morgan fingerprint density at radius 2 is 1.94 bits per heavy atom. The lowest BCUT2D eigenvalue weighted by Crippen LogP contribution is -2.12. The number of ether oxygens (including phenoxy) is 2. The quantitative estimate of drug-likeness (QED) is 0.844. The molecule has 5 heteroatoms. The maximum atomic E-state index is 9.78. The van der Waals surface area contributed by atoms with E-state index in [0.717, 1.165) is 17.9 Å². The van der Waals surface area contributed by atoms with Gasteiger partial charge < -0.3 is 19.9 Å². The van der Waals surface area contributed by atoms with Gasteiger partial charge in [-0.2, -0.15) is 0 Å². The molecule has 1 aliphatic heterocycles. The molecule has 0 aromatic heterocycles. The van der Waals surface area contributed by atoms with Gasteiger partial charge in [0.05, 0.1) is 19.6 Å². The maximum absolute atomic E-state index is 9.78. The maximum Gasteiger partial charge on any atom is 0.200 e. The second-order valence-electron chi connectivity index (χ2n) is 3.48. The van der Waals surface area contributed by atoms with Gasteiger partial charge in [-0.15, -0.1) is 11.8 Å². The van der Waals surface area contributed by atoms with Crippen LogP contribution in [0.2, 0.25) is 0 Å². The smallest absolute Gasteiger partial charge is 0.200 e. The highest BCUT2D eigenvalue weighted by atomic mass is 32.2. The summed E-state index contributed by atoms with van der Waals surface area (Å²) in [6, 6.07) is 3.68. The molecular formula is C11H15NO3S. The number of hydrogen-bond acceptors (Lipinski definition) is 5. The van der Waals surface area contributed by atoms with Gasteiger partial charge in [-0.3, -0.25) is 0 Å². The van der Waals surface area contributed by atoms with E-state index in [2.05, 4.69) is 5.32 Å². The molecule has 0 bridgehead atoms. The van der Waals surface area contributed by atoms with Crippen molar-refractivity contribution in [3.05, 3.63) is 17.7 Å². The van der Waals surface area contributed by atoms with E-state index in [1.807, 2.05) is 23.9 Å². The fourth-order valence-electron chi connectivity index (χ4n) is 1.70. The topological polar surface area (TPSA) is 50.7 Å². The number of hydrogen-bond donors (Lipinski definition) is 2. The molecule has 88 valence electrons. The van der Waals surface area contributed by atoms with Gasteiger partial charge >= 0.3 is 0 Å². The van der Waals surface area contributed by atoms with Crippen molar-refractivity contribution in [3.8, 4) is 17.2 Å². The minimum Gasteiger partial charge on any atom is -0.502 e. The molecule has 1 aromatic carbocycles. The molecule has 1 atom stereocenters. The van der Waals surface area contributed by atoms with E-state index in [0.29, 0.717) is 11.5 Å². The molecule has 1 aromatic rings. The van der Waals surface area contributed by atoms with Crippen molar-refractivity contribution in [2.45, 2.75) is 5.37 Å². The van der Waals surface area contributed by atoms with E-state index in [4.69, 9.17) is 9.47 Å². The minimum atomic E-state index is 0.0525. The first-order valence-corrected chi connectivity index (χ1v) is 6.11. The third-order valence-electron chi connectivity index (χ3n) is 2.52. The first-order chi connectivity index (χ1) is 7.76. The number of phenols is 1. The summed E-state index contributed by atoms with van der Waals surface area (Å²) >= 11 is 1.84. The number of nitrogens with one attached hydrogen (secondary N) is 1. The molecule has 4 nitrogen and oxygen atoms in total. The Kier molecular flexibility index (Phi) is 3.46. The second-order valence-corrected chi connectivity index (χ2v) is 4.69. The SMILES string of the molecule is COc1cc([C@H]2NCCS2)cc(OC)c1O. The summed E-state index contributed by atoms with van der Waals surface area (Å²) < 4.78 is 10.2. The van der Waals surface area contributed by atoms with E-state index < -0.39 is 0 Å². The Balaban J connectivity index is 2.37. The molecule has 2 N–H and O–H groups in total. The first-order valence-electron chi connectivity index (χ1n) is 5.06. The fourth-order valence-corrected chi connectivity index (χ4v) is 2.74. The van der Waals surface area contributed by atoms with Crippen LogP contribution >= 0.6 is 11.8 Å².